The predicted octanol–water partition coefficient (Wildman–Crippen LogP) is -0.671. The van der Waals surface area contributed by atoms with E-state index in [9.17, 15) is 30.7 Å². The Balaban J connectivity index is 0.00000400. The Labute approximate surface area is 273 Å². The maximum Gasteiger partial charge on any atom is 1.00 e. The van der Waals surface area contributed by atoms with Crippen LogP contribution in [0.5, 0.6) is 0 Å². The van der Waals surface area contributed by atoms with Crippen molar-refractivity contribution < 1.29 is 89.9 Å². The molecule has 0 aromatic heterocycles. The van der Waals surface area contributed by atoms with Gasteiger partial charge in [-0.15, -0.1) is 0 Å². The van der Waals surface area contributed by atoms with Gasteiger partial charge in [-0.1, -0.05) is 71.0 Å². The van der Waals surface area contributed by atoms with E-state index in [1.165, 1.54) is 60.7 Å². The zero-order valence-corrected chi connectivity index (χ0v) is 26.8. The summed E-state index contributed by atoms with van der Waals surface area (Å²) in [7, 11) is -9.72. The van der Waals surface area contributed by atoms with Gasteiger partial charge in [0.2, 0.25) is 0 Å². The number of rotatable bonds is 8. The fourth-order valence-corrected chi connectivity index (χ4v) is 4.92. The molecule has 1 saturated carbocycles. The molecule has 0 spiro atoms. The number of allylic oxidation sites excluding steroid dienone is 6. The van der Waals surface area contributed by atoms with Gasteiger partial charge >= 0.3 is 59.1 Å². The molecule has 17 heteroatoms. The average molecular weight is 599 g/mol. The van der Waals surface area contributed by atoms with E-state index in [4.69, 9.17) is 11.1 Å². The summed E-state index contributed by atoms with van der Waals surface area (Å²) >= 11 is 0. The molecule has 0 atom stereocenters. The Morgan fingerprint density at radius 3 is 1.43 bits per heavy atom. The van der Waals surface area contributed by atoms with E-state index in [0.29, 0.717) is 24.0 Å². The van der Waals surface area contributed by atoms with Crippen molar-refractivity contribution in [3.05, 3.63) is 104 Å². The van der Waals surface area contributed by atoms with Gasteiger partial charge in [-0.3, -0.25) is 4.79 Å². The van der Waals surface area contributed by atoms with Crippen LogP contribution in [0.25, 0.3) is 33.0 Å². The summed E-state index contributed by atoms with van der Waals surface area (Å²) in [6.45, 7) is 0. The zero-order valence-electron chi connectivity index (χ0n) is 21.2. The SMILES string of the molecule is [N-]=[N+]=Nc1ccc(C=CC=C2CCC(=CC=Cc3ccc(N=[N+]=[N-])cc3S(=O)(=O)[O-])C2=O)c(S(=O)(=O)[O-])c1.[Na+].[Na+]. The number of nitrogens with zero attached hydrogens (tertiary/aromatic N) is 6. The van der Waals surface area contributed by atoms with Crippen molar-refractivity contribution in [3.8, 4) is 0 Å². The molecular formula is C23H16N6Na2O7S2. The van der Waals surface area contributed by atoms with Crippen molar-refractivity contribution in [2.75, 3.05) is 0 Å². The van der Waals surface area contributed by atoms with Crippen LogP contribution in [0.2, 0.25) is 0 Å². The van der Waals surface area contributed by atoms with Crippen LogP contribution in [0, 0.1) is 0 Å². The molecule has 194 valence electrons. The second-order valence-corrected chi connectivity index (χ2v) is 10.4. The van der Waals surface area contributed by atoms with Crippen LogP contribution in [0.1, 0.15) is 24.0 Å². The third-order valence-electron chi connectivity index (χ3n) is 5.25. The van der Waals surface area contributed by atoms with E-state index in [1.54, 1.807) is 0 Å². The molecular weight excluding hydrogens is 582 g/mol. The molecule has 0 radical (unpaired) electrons. The van der Waals surface area contributed by atoms with E-state index in [2.05, 4.69) is 20.1 Å². The van der Waals surface area contributed by atoms with Crippen LogP contribution in [0.15, 0.2) is 91.9 Å². The number of carbonyl (C=O) groups excluding carboxylic acids is 1. The normalized spacial score (nSPS) is 15.5. The molecule has 0 aliphatic heterocycles. The number of azide groups is 2. The Kier molecular flexibility index (Phi) is 13.8. The van der Waals surface area contributed by atoms with Gasteiger partial charge in [0, 0.05) is 32.3 Å². The largest absolute Gasteiger partial charge is 1.00 e. The molecule has 1 fully saturated rings. The van der Waals surface area contributed by atoms with Crippen LogP contribution in [-0.2, 0) is 25.0 Å². The second kappa shape index (κ2) is 15.5. The number of benzene rings is 2. The molecule has 2 aromatic carbocycles. The summed E-state index contributed by atoms with van der Waals surface area (Å²) in [5.74, 6) is -0.287. The molecule has 13 nitrogen and oxygen atoms in total. The smallest absolute Gasteiger partial charge is 0.744 e. The van der Waals surface area contributed by atoms with Gasteiger partial charge in [0.25, 0.3) is 0 Å². The minimum Gasteiger partial charge on any atom is -0.744 e. The molecule has 0 heterocycles. The minimum absolute atomic E-state index is 0. The standard InChI is InChI=1S/C23H18N6O7S2.2Na/c24-28-26-19-11-9-15(21(13-19)37(31,32)33)3-1-5-17-7-8-18(23(17)30)6-2-4-16-10-12-20(27-29-25)14-22(16)38(34,35)36;;/h1-6,9-14H,7-8H2,(H,31,32,33)(H,34,35,36);;/q;2*+1/p-2. The Morgan fingerprint density at radius 1 is 0.725 bits per heavy atom. The molecule has 0 N–H and O–H groups in total. The molecule has 3 rings (SSSR count). The monoisotopic (exact) mass is 598 g/mol. The van der Waals surface area contributed by atoms with E-state index >= 15 is 0 Å². The molecule has 0 saturated heterocycles. The Bertz CT molecular complexity index is 1630. The number of ketones is 1. The third-order valence-corrected chi connectivity index (χ3v) is 7.03. The van der Waals surface area contributed by atoms with Gasteiger partial charge < -0.3 is 9.11 Å². The van der Waals surface area contributed by atoms with Crippen molar-refractivity contribution in [3.63, 3.8) is 0 Å². The average Bonchev–Trinajstić information content (AvgIpc) is 3.19. The minimum atomic E-state index is -4.86. The van der Waals surface area contributed by atoms with E-state index in [0.717, 1.165) is 12.1 Å². The third kappa shape index (κ3) is 9.56. The number of carbonyl (C=O) groups is 1. The molecule has 2 aromatic rings. The maximum absolute atomic E-state index is 12.7. The summed E-state index contributed by atoms with van der Waals surface area (Å²) in [4.78, 5) is 16.6. The molecule has 0 amide bonds. The fraction of sp³-hybridized carbons (Fsp3) is 0.0870. The van der Waals surface area contributed by atoms with Crippen LogP contribution >= 0.6 is 0 Å². The van der Waals surface area contributed by atoms with Crippen molar-refractivity contribution >= 4 is 49.5 Å². The summed E-state index contributed by atoms with van der Waals surface area (Å²) in [6, 6.07) is 7.18. The van der Waals surface area contributed by atoms with E-state index < -0.39 is 30.0 Å². The first kappa shape index (κ1) is 35.5. The first-order valence-electron chi connectivity index (χ1n) is 10.5. The van der Waals surface area contributed by atoms with Gasteiger partial charge in [0.15, 0.2) is 5.78 Å². The van der Waals surface area contributed by atoms with Gasteiger partial charge in [-0.2, -0.15) is 0 Å². The van der Waals surface area contributed by atoms with Crippen LogP contribution in [0.3, 0.4) is 0 Å². The first-order valence-corrected chi connectivity index (χ1v) is 13.3. The van der Waals surface area contributed by atoms with Crippen molar-refractivity contribution in [1.29, 1.82) is 0 Å². The van der Waals surface area contributed by atoms with Crippen LogP contribution in [0.4, 0.5) is 11.4 Å². The summed E-state index contributed by atoms with van der Waals surface area (Å²) < 4.78 is 69.4. The fourth-order valence-electron chi connectivity index (χ4n) is 3.54. The van der Waals surface area contributed by atoms with Gasteiger partial charge in [-0.05, 0) is 47.2 Å². The van der Waals surface area contributed by atoms with Gasteiger partial charge in [-0.25, -0.2) is 16.8 Å². The van der Waals surface area contributed by atoms with E-state index in [1.807, 2.05) is 0 Å². The Morgan fingerprint density at radius 2 is 1.10 bits per heavy atom. The van der Waals surface area contributed by atoms with Crippen molar-refractivity contribution in [1.82, 2.24) is 0 Å². The van der Waals surface area contributed by atoms with Gasteiger partial charge in [0.05, 0.1) is 9.79 Å². The number of hydrogen-bond acceptors (Lipinski definition) is 9. The quantitative estimate of drug-likeness (QED) is 0.0949. The number of Topliss-reactive ketones (excluding diaryl/α,β-unsaturated/α-hetero) is 1. The van der Waals surface area contributed by atoms with Crippen molar-refractivity contribution in [2.24, 2.45) is 10.2 Å². The van der Waals surface area contributed by atoms with Crippen molar-refractivity contribution in [2.45, 2.75) is 22.6 Å². The summed E-state index contributed by atoms with van der Waals surface area (Å²) in [5, 5.41) is 6.56. The predicted molar refractivity (Wildman–Crippen MR) is 135 cm³/mol. The summed E-state index contributed by atoms with van der Waals surface area (Å²) in [5.41, 5.74) is 17.8. The van der Waals surface area contributed by atoms with Crippen LogP contribution < -0.4 is 59.1 Å². The van der Waals surface area contributed by atoms with Gasteiger partial charge in [0.1, 0.15) is 20.2 Å². The second-order valence-electron chi connectivity index (χ2n) is 7.66. The maximum atomic E-state index is 12.7. The summed E-state index contributed by atoms with van der Waals surface area (Å²) in [6.07, 6.45) is 9.21. The zero-order chi connectivity index (χ0) is 27.9. The first-order chi connectivity index (χ1) is 17.9. The Hall–Kier alpha value is -2.49. The number of hydrogen-bond donors (Lipinski definition) is 0. The molecule has 40 heavy (non-hydrogen) atoms. The topological polar surface area (TPSA) is 229 Å². The molecule has 1 aliphatic carbocycles. The van der Waals surface area contributed by atoms with E-state index in [-0.39, 0.29) is 87.4 Å². The molecule has 0 bridgehead atoms. The molecule has 1 aliphatic rings. The molecule has 0 unspecified atom stereocenters. The van der Waals surface area contributed by atoms with Crippen LogP contribution in [-0.4, -0.2) is 31.7 Å².